The number of amides is 1. The zero-order valence-electron chi connectivity index (χ0n) is 13.7. The molecule has 1 aromatic heterocycles. The zero-order valence-corrected chi connectivity index (χ0v) is 14.4. The molecule has 24 heavy (non-hydrogen) atoms. The van der Waals surface area contributed by atoms with Crippen LogP contribution in [-0.4, -0.2) is 29.7 Å². The van der Waals surface area contributed by atoms with Gasteiger partial charge in [-0.1, -0.05) is 36.6 Å². The van der Waals surface area contributed by atoms with Gasteiger partial charge < -0.3 is 10.6 Å². The quantitative estimate of drug-likeness (QED) is 0.872. The van der Waals surface area contributed by atoms with E-state index in [-0.39, 0.29) is 11.3 Å². The lowest BCUT2D eigenvalue weighted by atomic mass is 9.79. The van der Waals surface area contributed by atoms with E-state index >= 15 is 0 Å². The summed E-state index contributed by atoms with van der Waals surface area (Å²) in [6.45, 7) is 0.779. The van der Waals surface area contributed by atoms with Crippen molar-refractivity contribution in [2.24, 2.45) is 0 Å². The number of nitrogens with zero attached hydrogens (tertiary/aromatic N) is 2. The van der Waals surface area contributed by atoms with E-state index in [4.69, 9.17) is 11.6 Å². The summed E-state index contributed by atoms with van der Waals surface area (Å²) < 4.78 is 0. The highest BCUT2D eigenvalue weighted by Gasteiger charge is 2.35. The molecule has 1 aliphatic rings. The molecule has 0 aliphatic heterocycles. The smallest absolute Gasteiger partial charge is 0.271 e. The van der Waals surface area contributed by atoms with E-state index in [1.165, 1.54) is 18.4 Å². The second-order valence-electron chi connectivity index (χ2n) is 6.23. The summed E-state index contributed by atoms with van der Waals surface area (Å²) in [7, 11) is 1.57. The van der Waals surface area contributed by atoms with E-state index in [0.29, 0.717) is 11.5 Å². The second kappa shape index (κ2) is 7.18. The molecule has 3 rings (SSSR count). The normalized spacial score (nSPS) is 15.9. The fraction of sp³-hybridized carbons (Fsp3) is 0.389. The number of halogens is 1. The Kier molecular flexibility index (Phi) is 5.00. The van der Waals surface area contributed by atoms with Gasteiger partial charge in [-0.15, -0.1) is 10.2 Å². The Morgan fingerprint density at radius 1 is 1.21 bits per heavy atom. The van der Waals surface area contributed by atoms with Crippen molar-refractivity contribution >= 4 is 23.3 Å². The number of carbonyl (C=O) groups excluding carboxylic acids is 1. The number of rotatable bonds is 5. The van der Waals surface area contributed by atoms with Crippen LogP contribution in [0.1, 0.15) is 41.7 Å². The highest BCUT2D eigenvalue weighted by molar-refractivity contribution is 6.30. The predicted octanol–water partition coefficient (Wildman–Crippen LogP) is 3.41. The lowest BCUT2D eigenvalue weighted by Crippen LogP contribution is -2.31. The van der Waals surface area contributed by atoms with Gasteiger partial charge in [-0.25, -0.2) is 0 Å². The molecule has 0 radical (unpaired) electrons. The molecule has 0 atom stereocenters. The van der Waals surface area contributed by atoms with Gasteiger partial charge in [0.25, 0.3) is 5.91 Å². The fourth-order valence-electron chi connectivity index (χ4n) is 3.37. The minimum absolute atomic E-state index is 0.0754. The number of hydrogen-bond acceptors (Lipinski definition) is 4. The van der Waals surface area contributed by atoms with Gasteiger partial charge in [0.15, 0.2) is 5.69 Å². The van der Waals surface area contributed by atoms with E-state index in [1.54, 1.807) is 19.2 Å². The van der Waals surface area contributed by atoms with Crippen LogP contribution in [0, 0.1) is 0 Å². The van der Waals surface area contributed by atoms with Crippen LogP contribution in [0.3, 0.4) is 0 Å². The zero-order chi connectivity index (χ0) is 17.0. The van der Waals surface area contributed by atoms with Gasteiger partial charge in [0.1, 0.15) is 5.82 Å². The van der Waals surface area contributed by atoms with Crippen LogP contribution in [0.5, 0.6) is 0 Å². The minimum atomic E-state index is -0.236. The second-order valence-corrected chi connectivity index (χ2v) is 6.67. The first-order valence-corrected chi connectivity index (χ1v) is 8.56. The monoisotopic (exact) mass is 344 g/mol. The molecule has 1 aromatic carbocycles. The van der Waals surface area contributed by atoms with Crippen molar-refractivity contribution in [3.8, 4) is 0 Å². The summed E-state index contributed by atoms with van der Waals surface area (Å²) >= 11 is 6.18. The molecule has 2 N–H and O–H groups in total. The standard InChI is InChI=1S/C18H21ClN4O/c1-20-17(24)15-7-8-16(23-22-15)21-12-18(9-2-3-10-18)13-5-4-6-14(19)11-13/h4-8,11H,2-3,9-10,12H2,1H3,(H,20,24)(H,21,23). The highest BCUT2D eigenvalue weighted by atomic mass is 35.5. The van der Waals surface area contributed by atoms with Gasteiger partial charge in [-0.2, -0.15) is 0 Å². The number of aromatic nitrogens is 2. The number of benzene rings is 1. The van der Waals surface area contributed by atoms with Gasteiger partial charge in [0.2, 0.25) is 0 Å². The van der Waals surface area contributed by atoms with Crippen LogP contribution in [-0.2, 0) is 5.41 Å². The lowest BCUT2D eigenvalue weighted by Gasteiger charge is -2.30. The third-order valence-corrected chi connectivity index (χ3v) is 4.96. The maximum atomic E-state index is 11.5. The predicted molar refractivity (Wildman–Crippen MR) is 95.5 cm³/mol. The van der Waals surface area contributed by atoms with Crippen LogP contribution >= 0.6 is 11.6 Å². The van der Waals surface area contributed by atoms with Crippen molar-refractivity contribution in [2.75, 3.05) is 18.9 Å². The molecule has 0 saturated heterocycles. The molecule has 0 spiro atoms. The summed E-state index contributed by atoms with van der Waals surface area (Å²) in [5.41, 5.74) is 1.66. The molecule has 1 heterocycles. The van der Waals surface area contributed by atoms with Crippen molar-refractivity contribution in [3.63, 3.8) is 0 Å². The Hall–Kier alpha value is -2.14. The molecular weight excluding hydrogens is 324 g/mol. The van der Waals surface area contributed by atoms with Crippen LogP contribution in [0.25, 0.3) is 0 Å². The molecule has 6 heteroatoms. The largest absolute Gasteiger partial charge is 0.368 e. The van der Waals surface area contributed by atoms with E-state index in [0.717, 1.165) is 24.4 Å². The van der Waals surface area contributed by atoms with Crippen LogP contribution in [0.2, 0.25) is 5.02 Å². The molecule has 1 saturated carbocycles. The van der Waals surface area contributed by atoms with E-state index in [9.17, 15) is 4.79 Å². The average molecular weight is 345 g/mol. The molecule has 126 valence electrons. The Balaban J connectivity index is 1.74. The molecule has 5 nitrogen and oxygen atoms in total. The third-order valence-electron chi connectivity index (χ3n) is 4.73. The molecule has 1 aliphatic carbocycles. The molecule has 1 amide bonds. The first-order chi connectivity index (χ1) is 11.6. The number of nitrogens with one attached hydrogen (secondary N) is 2. The summed E-state index contributed by atoms with van der Waals surface area (Å²) in [6, 6.07) is 11.6. The maximum Gasteiger partial charge on any atom is 0.271 e. The lowest BCUT2D eigenvalue weighted by molar-refractivity contribution is 0.0957. The fourth-order valence-corrected chi connectivity index (χ4v) is 3.56. The van der Waals surface area contributed by atoms with E-state index < -0.39 is 0 Å². The van der Waals surface area contributed by atoms with Crippen molar-refractivity contribution in [1.82, 2.24) is 15.5 Å². The van der Waals surface area contributed by atoms with E-state index in [1.807, 2.05) is 12.1 Å². The van der Waals surface area contributed by atoms with Crippen molar-refractivity contribution in [3.05, 3.63) is 52.7 Å². The highest BCUT2D eigenvalue weighted by Crippen LogP contribution is 2.41. The molecular formula is C18H21ClN4O. The number of hydrogen-bond donors (Lipinski definition) is 2. The molecule has 1 fully saturated rings. The topological polar surface area (TPSA) is 66.9 Å². The Bertz CT molecular complexity index is 711. The third kappa shape index (κ3) is 3.51. The van der Waals surface area contributed by atoms with Gasteiger partial charge in [0, 0.05) is 24.0 Å². The number of anilines is 1. The Labute approximate surface area is 146 Å². The first kappa shape index (κ1) is 16.7. The minimum Gasteiger partial charge on any atom is -0.368 e. The van der Waals surface area contributed by atoms with Crippen LogP contribution in [0.4, 0.5) is 5.82 Å². The number of carbonyl (C=O) groups is 1. The average Bonchev–Trinajstić information content (AvgIpc) is 3.10. The maximum absolute atomic E-state index is 11.5. The van der Waals surface area contributed by atoms with Crippen LogP contribution in [0.15, 0.2) is 36.4 Å². The summed E-state index contributed by atoms with van der Waals surface area (Å²) in [6.07, 6.45) is 4.69. The van der Waals surface area contributed by atoms with E-state index in [2.05, 4.69) is 33.0 Å². The van der Waals surface area contributed by atoms with Gasteiger partial charge in [-0.3, -0.25) is 4.79 Å². The SMILES string of the molecule is CNC(=O)c1ccc(NCC2(c3cccc(Cl)c3)CCCC2)nn1. The summed E-state index contributed by atoms with van der Waals surface area (Å²) in [4.78, 5) is 11.5. The van der Waals surface area contributed by atoms with Crippen LogP contribution < -0.4 is 10.6 Å². The molecule has 2 aromatic rings. The van der Waals surface area contributed by atoms with Crippen molar-refractivity contribution in [1.29, 1.82) is 0 Å². The molecule has 0 bridgehead atoms. The summed E-state index contributed by atoms with van der Waals surface area (Å²) in [5, 5.41) is 14.8. The van der Waals surface area contributed by atoms with Gasteiger partial charge >= 0.3 is 0 Å². The van der Waals surface area contributed by atoms with Gasteiger partial charge in [-0.05, 0) is 42.7 Å². The summed E-state index contributed by atoms with van der Waals surface area (Å²) in [5.74, 6) is 0.441. The first-order valence-electron chi connectivity index (χ1n) is 8.19. The Morgan fingerprint density at radius 2 is 2.00 bits per heavy atom. The Morgan fingerprint density at radius 3 is 2.62 bits per heavy atom. The van der Waals surface area contributed by atoms with Crippen molar-refractivity contribution < 1.29 is 4.79 Å². The van der Waals surface area contributed by atoms with Crippen molar-refractivity contribution in [2.45, 2.75) is 31.1 Å². The van der Waals surface area contributed by atoms with Gasteiger partial charge in [0.05, 0.1) is 0 Å². The molecule has 0 unspecified atom stereocenters.